The molecular weight excluding hydrogens is 306 g/mol. The lowest BCUT2D eigenvalue weighted by Gasteiger charge is -2.24. The first-order valence-electron chi connectivity index (χ1n) is 8.39. The molecule has 6 nitrogen and oxygen atoms in total. The third-order valence-corrected chi connectivity index (χ3v) is 4.97. The van der Waals surface area contributed by atoms with E-state index in [-0.39, 0.29) is 30.1 Å². The predicted octanol–water partition coefficient (Wildman–Crippen LogP) is 1.00. The van der Waals surface area contributed by atoms with Gasteiger partial charge in [0.1, 0.15) is 0 Å². The van der Waals surface area contributed by atoms with Crippen molar-refractivity contribution in [2.75, 3.05) is 31.1 Å². The quantitative estimate of drug-likeness (QED) is 0.880. The van der Waals surface area contributed by atoms with Crippen LogP contribution >= 0.6 is 0 Å². The van der Waals surface area contributed by atoms with Gasteiger partial charge < -0.3 is 15.1 Å². The molecule has 0 saturated carbocycles. The maximum Gasteiger partial charge on any atom is 0.228 e. The molecule has 1 unspecified atom stereocenters. The first-order valence-corrected chi connectivity index (χ1v) is 8.39. The van der Waals surface area contributed by atoms with Gasteiger partial charge in [-0.25, -0.2) is 0 Å². The van der Waals surface area contributed by atoms with Crippen molar-refractivity contribution in [2.45, 2.75) is 26.7 Å². The molecule has 1 atom stereocenters. The summed E-state index contributed by atoms with van der Waals surface area (Å²) < 4.78 is 0. The van der Waals surface area contributed by atoms with Crippen LogP contribution < -0.4 is 10.2 Å². The molecule has 0 aliphatic carbocycles. The minimum atomic E-state index is -0.328. The van der Waals surface area contributed by atoms with Gasteiger partial charge in [0.15, 0.2) is 0 Å². The summed E-state index contributed by atoms with van der Waals surface area (Å²) in [6.07, 6.45) is 0.567. The van der Waals surface area contributed by atoms with E-state index in [4.69, 9.17) is 0 Å². The summed E-state index contributed by atoms with van der Waals surface area (Å²) in [4.78, 5) is 40.0. The number of amides is 3. The smallest absolute Gasteiger partial charge is 0.228 e. The van der Waals surface area contributed by atoms with E-state index in [0.717, 1.165) is 16.8 Å². The van der Waals surface area contributed by atoms with Crippen molar-refractivity contribution in [3.63, 3.8) is 0 Å². The van der Waals surface area contributed by atoms with Gasteiger partial charge >= 0.3 is 0 Å². The number of benzene rings is 1. The number of carbonyl (C=O) groups excluding carboxylic acids is 3. The fourth-order valence-electron chi connectivity index (χ4n) is 3.38. The van der Waals surface area contributed by atoms with Gasteiger partial charge in [0, 0.05) is 44.7 Å². The second-order valence-electron chi connectivity index (χ2n) is 6.55. The molecule has 0 aromatic heterocycles. The lowest BCUT2D eigenvalue weighted by molar-refractivity contribution is -0.135. The summed E-state index contributed by atoms with van der Waals surface area (Å²) in [5, 5.41) is 2.77. The van der Waals surface area contributed by atoms with E-state index < -0.39 is 0 Å². The summed E-state index contributed by atoms with van der Waals surface area (Å²) in [5.74, 6) is -0.380. The SMILES string of the molecule is Cc1cccc(N2CC(C(=O)N3CCNC(=O)CC3)CC2=O)c1C. The number of hydrogen-bond acceptors (Lipinski definition) is 3. The van der Waals surface area contributed by atoms with Gasteiger partial charge in [-0.1, -0.05) is 12.1 Å². The monoisotopic (exact) mass is 329 g/mol. The molecule has 0 spiro atoms. The maximum atomic E-state index is 12.7. The lowest BCUT2D eigenvalue weighted by Crippen LogP contribution is -2.39. The number of hydrogen-bond donors (Lipinski definition) is 1. The molecule has 1 N–H and O–H groups in total. The Balaban J connectivity index is 1.73. The molecule has 2 heterocycles. The highest BCUT2D eigenvalue weighted by Crippen LogP contribution is 2.30. The zero-order valence-corrected chi connectivity index (χ0v) is 14.2. The molecule has 2 fully saturated rings. The van der Waals surface area contributed by atoms with Gasteiger partial charge in [0.2, 0.25) is 17.7 Å². The first-order chi connectivity index (χ1) is 11.5. The van der Waals surface area contributed by atoms with Crippen LogP contribution in [-0.4, -0.2) is 48.8 Å². The first kappa shape index (κ1) is 16.5. The zero-order valence-electron chi connectivity index (χ0n) is 14.2. The molecule has 2 saturated heterocycles. The van der Waals surface area contributed by atoms with Gasteiger partial charge in [0.25, 0.3) is 0 Å². The highest BCUT2D eigenvalue weighted by atomic mass is 16.2. The number of anilines is 1. The van der Waals surface area contributed by atoms with Crippen LogP contribution in [0.15, 0.2) is 18.2 Å². The third-order valence-electron chi connectivity index (χ3n) is 4.97. The molecule has 2 aliphatic rings. The average Bonchev–Trinajstić information content (AvgIpc) is 2.80. The Morgan fingerprint density at radius 2 is 2.00 bits per heavy atom. The third kappa shape index (κ3) is 3.13. The normalized spacial score (nSPS) is 21.7. The fourth-order valence-corrected chi connectivity index (χ4v) is 3.38. The van der Waals surface area contributed by atoms with Gasteiger partial charge in [-0.05, 0) is 31.0 Å². The van der Waals surface area contributed by atoms with Gasteiger partial charge in [-0.2, -0.15) is 0 Å². The second kappa shape index (κ2) is 6.63. The molecule has 128 valence electrons. The number of nitrogens with one attached hydrogen (secondary N) is 1. The van der Waals surface area contributed by atoms with Crippen LogP contribution in [0.1, 0.15) is 24.0 Å². The summed E-state index contributed by atoms with van der Waals surface area (Å²) in [6.45, 7) is 5.85. The standard InChI is InChI=1S/C18H23N3O3/c1-12-4-3-5-15(13(12)2)21-11-14(10-17(21)23)18(24)20-8-6-16(22)19-7-9-20/h3-5,14H,6-11H2,1-2H3,(H,19,22). The Hall–Kier alpha value is -2.37. The van der Waals surface area contributed by atoms with Crippen LogP contribution in [0.2, 0.25) is 0 Å². The Labute approximate surface area is 141 Å². The van der Waals surface area contributed by atoms with Gasteiger partial charge in [0.05, 0.1) is 5.92 Å². The summed E-state index contributed by atoms with van der Waals surface area (Å²) in [5.41, 5.74) is 3.10. The summed E-state index contributed by atoms with van der Waals surface area (Å²) in [7, 11) is 0. The molecule has 6 heteroatoms. The van der Waals surface area contributed by atoms with Crippen molar-refractivity contribution >= 4 is 23.4 Å². The van der Waals surface area contributed by atoms with Crippen molar-refractivity contribution in [3.05, 3.63) is 29.3 Å². The van der Waals surface area contributed by atoms with E-state index in [1.165, 1.54) is 0 Å². The van der Waals surface area contributed by atoms with Crippen molar-refractivity contribution in [3.8, 4) is 0 Å². The molecule has 2 aliphatic heterocycles. The summed E-state index contributed by atoms with van der Waals surface area (Å²) >= 11 is 0. The van der Waals surface area contributed by atoms with Crippen molar-refractivity contribution in [1.29, 1.82) is 0 Å². The van der Waals surface area contributed by atoms with E-state index in [1.54, 1.807) is 9.80 Å². The van der Waals surface area contributed by atoms with Crippen molar-refractivity contribution < 1.29 is 14.4 Å². The largest absolute Gasteiger partial charge is 0.354 e. The topological polar surface area (TPSA) is 69.7 Å². The van der Waals surface area contributed by atoms with Crippen molar-refractivity contribution in [1.82, 2.24) is 10.2 Å². The molecule has 24 heavy (non-hydrogen) atoms. The van der Waals surface area contributed by atoms with Gasteiger partial charge in [-0.3, -0.25) is 14.4 Å². The minimum absolute atomic E-state index is 0.00827. The van der Waals surface area contributed by atoms with E-state index >= 15 is 0 Å². The van der Waals surface area contributed by atoms with Crippen LogP contribution in [-0.2, 0) is 14.4 Å². The Morgan fingerprint density at radius 3 is 2.79 bits per heavy atom. The van der Waals surface area contributed by atoms with E-state index in [9.17, 15) is 14.4 Å². The highest BCUT2D eigenvalue weighted by molar-refractivity contribution is 6.01. The Kier molecular flexibility index (Phi) is 4.55. The fraction of sp³-hybridized carbons (Fsp3) is 0.500. The van der Waals surface area contributed by atoms with E-state index in [0.29, 0.717) is 32.6 Å². The van der Waals surface area contributed by atoms with Crippen LogP contribution in [0.5, 0.6) is 0 Å². The van der Waals surface area contributed by atoms with E-state index in [2.05, 4.69) is 5.32 Å². The highest BCUT2D eigenvalue weighted by Gasteiger charge is 2.38. The van der Waals surface area contributed by atoms with Crippen LogP contribution in [0.3, 0.4) is 0 Å². The maximum absolute atomic E-state index is 12.7. The number of aryl methyl sites for hydroxylation is 1. The van der Waals surface area contributed by atoms with Crippen LogP contribution in [0, 0.1) is 19.8 Å². The Bertz CT molecular complexity index is 686. The molecule has 3 rings (SSSR count). The molecule has 1 aromatic carbocycles. The van der Waals surface area contributed by atoms with Crippen LogP contribution in [0.4, 0.5) is 5.69 Å². The number of carbonyl (C=O) groups is 3. The molecule has 0 radical (unpaired) electrons. The Morgan fingerprint density at radius 1 is 1.21 bits per heavy atom. The number of rotatable bonds is 2. The minimum Gasteiger partial charge on any atom is -0.354 e. The molecule has 3 amide bonds. The molecule has 0 bridgehead atoms. The van der Waals surface area contributed by atoms with Gasteiger partial charge in [-0.15, -0.1) is 0 Å². The summed E-state index contributed by atoms with van der Waals surface area (Å²) in [6, 6.07) is 5.89. The number of nitrogens with zero attached hydrogens (tertiary/aromatic N) is 2. The second-order valence-corrected chi connectivity index (χ2v) is 6.55. The lowest BCUT2D eigenvalue weighted by atomic mass is 10.1. The van der Waals surface area contributed by atoms with Crippen LogP contribution in [0.25, 0.3) is 0 Å². The average molecular weight is 329 g/mol. The zero-order chi connectivity index (χ0) is 17.3. The predicted molar refractivity (Wildman–Crippen MR) is 90.6 cm³/mol. The van der Waals surface area contributed by atoms with E-state index in [1.807, 2.05) is 32.0 Å². The molecule has 1 aromatic rings. The molecular formula is C18H23N3O3. The van der Waals surface area contributed by atoms with Crippen molar-refractivity contribution in [2.24, 2.45) is 5.92 Å².